The third-order valence-corrected chi connectivity index (χ3v) is 6.96. The highest BCUT2D eigenvalue weighted by Crippen LogP contribution is 2.36. The average molecular weight is 339 g/mol. The van der Waals surface area contributed by atoms with Gasteiger partial charge in [0.15, 0.2) is 0 Å². The molecule has 0 heterocycles. The Bertz CT molecular complexity index is 545. The number of aryl methyl sites for hydroxylation is 2. The van der Waals surface area contributed by atoms with E-state index < -0.39 is 0 Å². The van der Waals surface area contributed by atoms with Crippen molar-refractivity contribution in [1.29, 1.82) is 0 Å². The van der Waals surface area contributed by atoms with Crippen LogP contribution in [0.4, 0.5) is 0 Å². The molecule has 0 bridgehead atoms. The van der Waals surface area contributed by atoms with Crippen molar-refractivity contribution in [2.24, 2.45) is 17.8 Å². The lowest BCUT2D eigenvalue weighted by Crippen LogP contribution is -2.18. The minimum atomic E-state index is 0.949. The Hall–Kier alpha value is -1.04. The van der Waals surface area contributed by atoms with Gasteiger partial charge >= 0.3 is 0 Å². The molecule has 0 amide bonds. The van der Waals surface area contributed by atoms with Gasteiger partial charge in [0, 0.05) is 0 Å². The highest BCUT2D eigenvalue weighted by Gasteiger charge is 2.23. The zero-order chi connectivity index (χ0) is 17.5. The molecule has 1 saturated carbocycles. The number of hydrogen-bond donors (Lipinski definition) is 0. The van der Waals surface area contributed by atoms with Crippen molar-refractivity contribution in [2.75, 3.05) is 0 Å². The highest BCUT2D eigenvalue weighted by molar-refractivity contribution is 5.34. The second-order valence-electron chi connectivity index (χ2n) is 8.69. The number of allylic oxidation sites excluding steroid dienone is 2. The van der Waals surface area contributed by atoms with Gasteiger partial charge in [-0.25, -0.2) is 0 Å². The van der Waals surface area contributed by atoms with E-state index in [1.54, 1.807) is 11.1 Å². The standard InChI is InChI=1S/C25H38/c1-3-5-6-7-22-14-16-25-19-23(15-17-24(25)18-22)13-12-21-10-8-20(4-2)9-11-21/h3,5,14,16,18,20-21,23H,4,6-13,15,17,19H2,1-2H3/b5-3+. The predicted molar refractivity (Wildman–Crippen MR) is 110 cm³/mol. The first-order valence-electron chi connectivity index (χ1n) is 11.0. The third-order valence-electron chi connectivity index (χ3n) is 6.96. The molecule has 1 aromatic carbocycles. The molecule has 0 spiro atoms. The Balaban J connectivity index is 1.45. The molecule has 0 nitrogen and oxygen atoms in total. The fourth-order valence-corrected chi connectivity index (χ4v) is 5.10. The summed E-state index contributed by atoms with van der Waals surface area (Å²) < 4.78 is 0. The van der Waals surface area contributed by atoms with Crippen molar-refractivity contribution >= 4 is 0 Å². The van der Waals surface area contributed by atoms with Crippen LogP contribution in [0.15, 0.2) is 30.4 Å². The van der Waals surface area contributed by atoms with E-state index in [1.807, 2.05) is 0 Å². The quantitative estimate of drug-likeness (QED) is 0.458. The van der Waals surface area contributed by atoms with E-state index in [4.69, 9.17) is 0 Å². The number of hydrogen-bond acceptors (Lipinski definition) is 0. The molecule has 138 valence electrons. The molecular formula is C25H38. The first kappa shape index (κ1) is 18.7. The molecule has 1 aromatic rings. The van der Waals surface area contributed by atoms with E-state index in [-0.39, 0.29) is 0 Å². The smallest absolute Gasteiger partial charge is 0.0244 e. The van der Waals surface area contributed by atoms with Crippen LogP contribution in [-0.4, -0.2) is 0 Å². The molecule has 0 aromatic heterocycles. The van der Waals surface area contributed by atoms with Crippen molar-refractivity contribution < 1.29 is 0 Å². The topological polar surface area (TPSA) is 0 Å². The zero-order valence-electron chi connectivity index (χ0n) is 16.6. The van der Waals surface area contributed by atoms with E-state index in [0.717, 1.165) is 17.8 Å². The maximum absolute atomic E-state index is 2.50. The van der Waals surface area contributed by atoms with E-state index in [2.05, 4.69) is 44.2 Å². The van der Waals surface area contributed by atoms with Crippen molar-refractivity contribution in [3.05, 3.63) is 47.0 Å². The van der Waals surface area contributed by atoms with Gasteiger partial charge in [0.25, 0.3) is 0 Å². The van der Waals surface area contributed by atoms with Gasteiger partial charge in [0.05, 0.1) is 0 Å². The number of benzene rings is 1. The average Bonchev–Trinajstić information content (AvgIpc) is 2.67. The first-order chi connectivity index (χ1) is 12.3. The van der Waals surface area contributed by atoms with Gasteiger partial charge in [-0.15, -0.1) is 0 Å². The molecule has 1 atom stereocenters. The van der Waals surface area contributed by atoms with Crippen molar-refractivity contribution in [3.8, 4) is 0 Å². The van der Waals surface area contributed by atoms with Crippen LogP contribution in [0.5, 0.6) is 0 Å². The molecule has 3 rings (SSSR count). The van der Waals surface area contributed by atoms with Gasteiger partial charge in [-0.2, -0.15) is 0 Å². The molecule has 1 unspecified atom stereocenters. The van der Waals surface area contributed by atoms with Crippen LogP contribution in [-0.2, 0) is 19.3 Å². The molecule has 0 saturated heterocycles. The Labute approximate surface area is 156 Å². The lowest BCUT2D eigenvalue weighted by atomic mass is 9.75. The van der Waals surface area contributed by atoms with Crippen LogP contribution in [0.3, 0.4) is 0 Å². The Kier molecular flexibility index (Phi) is 7.20. The molecule has 0 aliphatic heterocycles. The van der Waals surface area contributed by atoms with E-state index in [0.29, 0.717) is 0 Å². The number of fused-ring (bicyclic) bond motifs is 1. The lowest BCUT2D eigenvalue weighted by Gasteiger charge is -2.30. The second kappa shape index (κ2) is 9.60. The summed E-state index contributed by atoms with van der Waals surface area (Å²) >= 11 is 0. The summed E-state index contributed by atoms with van der Waals surface area (Å²) in [6.07, 6.45) is 21.3. The van der Waals surface area contributed by atoms with Gasteiger partial charge in [-0.3, -0.25) is 0 Å². The van der Waals surface area contributed by atoms with Crippen LogP contribution in [0, 0.1) is 17.8 Å². The number of rotatable bonds is 7. The summed E-state index contributed by atoms with van der Waals surface area (Å²) in [5.74, 6) is 3.03. The molecule has 25 heavy (non-hydrogen) atoms. The van der Waals surface area contributed by atoms with Crippen LogP contribution in [0.2, 0.25) is 0 Å². The second-order valence-corrected chi connectivity index (χ2v) is 8.69. The van der Waals surface area contributed by atoms with E-state index >= 15 is 0 Å². The predicted octanol–water partition coefficient (Wildman–Crippen LogP) is 7.30. The van der Waals surface area contributed by atoms with E-state index in [9.17, 15) is 0 Å². The van der Waals surface area contributed by atoms with Crippen molar-refractivity contribution in [3.63, 3.8) is 0 Å². The fourth-order valence-electron chi connectivity index (χ4n) is 5.10. The minimum absolute atomic E-state index is 0.949. The Morgan fingerprint density at radius 3 is 2.44 bits per heavy atom. The summed E-state index contributed by atoms with van der Waals surface area (Å²) in [5, 5.41) is 0. The molecule has 0 heteroatoms. The highest BCUT2D eigenvalue weighted by atomic mass is 14.3. The molecular weight excluding hydrogens is 300 g/mol. The van der Waals surface area contributed by atoms with Crippen molar-refractivity contribution in [1.82, 2.24) is 0 Å². The summed E-state index contributed by atoms with van der Waals surface area (Å²) in [4.78, 5) is 0. The van der Waals surface area contributed by atoms with Crippen LogP contribution in [0.1, 0.15) is 88.3 Å². The van der Waals surface area contributed by atoms with Gasteiger partial charge in [0.2, 0.25) is 0 Å². The lowest BCUT2D eigenvalue weighted by molar-refractivity contribution is 0.241. The van der Waals surface area contributed by atoms with Crippen LogP contribution >= 0.6 is 0 Å². The molecule has 2 aliphatic rings. The minimum Gasteiger partial charge on any atom is -0.0917 e. The Morgan fingerprint density at radius 2 is 1.68 bits per heavy atom. The summed E-state index contributed by atoms with van der Waals surface area (Å²) in [5.41, 5.74) is 4.83. The van der Waals surface area contributed by atoms with Gasteiger partial charge in [0.1, 0.15) is 0 Å². The van der Waals surface area contributed by atoms with Crippen LogP contribution < -0.4 is 0 Å². The molecule has 0 radical (unpaired) electrons. The van der Waals surface area contributed by atoms with E-state index in [1.165, 1.54) is 82.6 Å². The van der Waals surface area contributed by atoms with Gasteiger partial charge < -0.3 is 0 Å². The fraction of sp³-hybridized carbons (Fsp3) is 0.680. The monoisotopic (exact) mass is 338 g/mol. The maximum atomic E-state index is 2.50. The van der Waals surface area contributed by atoms with Gasteiger partial charge in [-0.1, -0.05) is 75.8 Å². The molecule has 2 aliphatic carbocycles. The first-order valence-corrected chi connectivity index (χ1v) is 11.0. The summed E-state index contributed by atoms with van der Waals surface area (Å²) in [6, 6.07) is 7.33. The maximum Gasteiger partial charge on any atom is -0.0244 e. The van der Waals surface area contributed by atoms with Crippen LogP contribution in [0.25, 0.3) is 0 Å². The zero-order valence-corrected chi connectivity index (χ0v) is 16.6. The summed E-state index contributed by atoms with van der Waals surface area (Å²) in [6.45, 7) is 4.48. The Morgan fingerprint density at radius 1 is 0.920 bits per heavy atom. The largest absolute Gasteiger partial charge is 0.0917 e. The van der Waals surface area contributed by atoms with Gasteiger partial charge in [-0.05, 0) is 79.9 Å². The normalized spacial score (nSPS) is 26.7. The summed E-state index contributed by atoms with van der Waals surface area (Å²) in [7, 11) is 0. The third kappa shape index (κ3) is 5.47. The van der Waals surface area contributed by atoms with Crippen molar-refractivity contribution in [2.45, 2.75) is 90.9 Å². The SMILES string of the molecule is C/C=C/CCc1ccc2c(c1)CCC(CCC1CCC(CC)CC1)C2. The molecule has 0 N–H and O–H groups in total. The molecule has 1 fully saturated rings.